The van der Waals surface area contributed by atoms with Crippen LogP contribution < -0.4 is 11.1 Å². The van der Waals surface area contributed by atoms with Crippen LogP contribution in [0.3, 0.4) is 0 Å². The SMILES string of the molecule is CCOC(=O)C(N)CC1CCCCNC1=O. The number of nitrogens with one attached hydrogen (secondary N) is 1. The fourth-order valence-electron chi connectivity index (χ4n) is 1.88. The van der Waals surface area contributed by atoms with E-state index in [2.05, 4.69) is 5.32 Å². The highest BCUT2D eigenvalue weighted by atomic mass is 16.5. The topological polar surface area (TPSA) is 81.4 Å². The van der Waals surface area contributed by atoms with E-state index in [-0.39, 0.29) is 11.8 Å². The van der Waals surface area contributed by atoms with Gasteiger partial charge in [-0.2, -0.15) is 0 Å². The second kappa shape index (κ2) is 6.48. The number of carbonyl (C=O) groups is 2. The van der Waals surface area contributed by atoms with E-state index in [1.54, 1.807) is 6.92 Å². The van der Waals surface area contributed by atoms with Crippen LogP contribution in [0, 0.1) is 5.92 Å². The summed E-state index contributed by atoms with van der Waals surface area (Å²) in [6, 6.07) is -0.686. The molecule has 1 aliphatic rings. The summed E-state index contributed by atoms with van der Waals surface area (Å²) >= 11 is 0. The molecule has 3 N–H and O–H groups in total. The largest absolute Gasteiger partial charge is 0.465 e. The lowest BCUT2D eigenvalue weighted by atomic mass is 9.95. The lowest BCUT2D eigenvalue weighted by Gasteiger charge is -2.17. The van der Waals surface area contributed by atoms with Gasteiger partial charge in [0, 0.05) is 12.5 Å². The van der Waals surface area contributed by atoms with E-state index >= 15 is 0 Å². The van der Waals surface area contributed by atoms with E-state index in [1.807, 2.05) is 0 Å². The quantitative estimate of drug-likeness (QED) is 0.673. The smallest absolute Gasteiger partial charge is 0.322 e. The van der Waals surface area contributed by atoms with Crippen LogP contribution in [-0.4, -0.2) is 31.1 Å². The van der Waals surface area contributed by atoms with Crippen LogP contribution in [0.25, 0.3) is 0 Å². The Hall–Kier alpha value is -1.10. The number of ether oxygens (including phenoxy) is 1. The minimum atomic E-state index is -0.686. The number of hydrogen-bond donors (Lipinski definition) is 2. The second-order valence-electron chi connectivity index (χ2n) is 4.08. The summed E-state index contributed by atoms with van der Waals surface area (Å²) in [5, 5.41) is 2.82. The minimum Gasteiger partial charge on any atom is -0.465 e. The first kappa shape index (κ1) is 13.0. The van der Waals surface area contributed by atoms with E-state index in [1.165, 1.54) is 0 Å². The Morgan fingerprint density at radius 3 is 3.06 bits per heavy atom. The molecule has 0 aromatic heterocycles. The maximum absolute atomic E-state index is 11.6. The third kappa shape index (κ3) is 3.81. The summed E-state index contributed by atoms with van der Waals surface area (Å²) in [6.07, 6.45) is 3.18. The molecule has 5 heteroatoms. The van der Waals surface area contributed by atoms with Crippen LogP contribution in [0.1, 0.15) is 32.6 Å². The number of nitrogens with two attached hydrogens (primary N) is 1. The van der Waals surface area contributed by atoms with Crippen molar-refractivity contribution in [1.82, 2.24) is 5.32 Å². The van der Waals surface area contributed by atoms with Crippen molar-refractivity contribution in [2.24, 2.45) is 11.7 Å². The molecule has 0 aliphatic carbocycles. The van der Waals surface area contributed by atoms with Crippen molar-refractivity contribution in [1.29, 1.82) is 0 Å². The van der Waals surface area contributed by atoms with Gasteiger partial charge in [0.25, 0.3) is 0 Å². The molecule has 0 aromatic carbocycles. The fourth-order valence-corrected chi connectivity index (χ4v) is 1.88. The monoisotopic (exact) mass is 228 g/mol. The van der Waals surface area contributed by atoms with Crippen LogP contribution in [0.5, 0.6) is 0 Å². The van der Waals surface area contributed by atoms with E-state index in [0.717, 1.165) is 25.8 Å². The third-order valence-electron chi connectivity index (χ3n) is 2.78. The zero-order valence-electron chi connectivity index (χ0n) is 9.70. The zero-order chi connectivity index (χ0) is 12.0. The molecule has 1 aliphatic heterocycles. The standard InChI is InChI=1S/C11H20N2O3/c1-2-16-11(15)9(12)7-8-5-3-4-6-13-10(8)14/h8-9H,2-7,12H2,1H3,(H,13,14). The van der Waals surface area contributed by atoms with Gasteiger partial charge in [-0.15, -0.1) is 0 Å². The van der Waals surface area contributed by atoms with Gasteiger partial charge in [-0.3, -0.25) is 9.59 Å². The third-order valence-corrected chi connectivity index (χ3v) is 2.78. The Labute approximate surface area is 95.7 Å². The molecule has 1 rings (SSSR count). The van der Waals surface area contributed by atoms with Crippen LogP contribution in [0.15, 0.2) is 0 Å². The van der Waals surface area contributed by atoms with Gasteiger partial charge in [0.2, 0.25) is 5.91 Å². The highest BCUT2D eigenvalue weighted by Gasteiger charge is 2.26. The lowest BCUT2D eigenvalue weighted by Crippen LogP contribution is -2.38. The Morgan fingerprint density at radius 2 is 2.38 bits per heavy atom. The van der Waals surface area contributed by atoms with Crippen molar-refractivity contribution in [3.63, 3.8) is 0 Å². The zero-order valence-corrected chi connectivity index (χ0v) is 9.70. The normalized spacial score (nSPS) is 23.1. The molecule has 0 saturated carbocycles. The van der Waals surface area contributed by atoms with Gasteiger partial charge in [-0.05, 0) is 26.2 Å². The molecule has 92 valence electrons. The van der Waals surface area contributed by atoms with Crippen molar-refractivity contribution >= 4 is 11.9 Å². The summed E-state index contributed by atoms with van der Waals surface area (Å²) in [4.78, 5) is 22.9. The minimum absolute atomic E-state index is 0.0113. The van der Waals surface area contributed by atoms with Gasteiger partial charge in [0.1, 0.15) is 6.04 Å². The van der Waals surface area contributed by atoms with Gasteiger partial charge >= 0.3 is 5.97 Å². The van der Waals surface area contributed by atoms with Gasteiger partial charge in [0.15, 0.2) is 0 Å². The predicted octanol–water partition coefficient (Wildman–Crippen LogP) is 0.183. The summed E-state index contributed by atoms with van der Waals surface area (Å²) < 4.78 is 4.82. The first-order chi connectivity index (χ1) is 7.65. The first-order valence-electron chi connectivity index (χ1n) is 5.85. The molecule has 1 fully saturated rings. The maximum atomic E-state index is 11.6. The number of carbonyl (C=O) groups excluding carboxylic acids is 2. The molecule has 1 saturated heterocycles. The van der Waals surface area contributed by atoms with Crippen LogP contribution in [0.2, 0.25) is 0 Å². The highest BCUT2D eigenvalue weighted by molar-refractivity contribution is 5.81. The maximum Gasteiger partial charge on any atom is 0.322 e. The Kier molecular flexibility index (Phi) is 5.25. The van der Waals surface area contributed by atoms with E-state index in [0.29, 0.717) is 13.0 Å². The van der Waals surface area contributed by atoms with E-state index in [9.17, 15) is 9.59 Å². The molecule has 0 bridgehead atoms. The van der Waals surface area contributed by atoms with Crippen LogP contribution >= 0.6 is 0 Å². The lowest BCUT2D eigenvalue weighted by molar-refractivity contribution is -0.145. The summed E-state index contributed by atoms with van der Waals surface area (Å²) in [7, 11) is 0. The Bertz CT molecular complexity index is 256. The number of amides is 1. The molecule has 2 atom stereocenters. The van der Waals surface area contributed by atoms with Crippen molar-refractivity contribution in [2.75, 3.05) is 13.2 Å². The van der Waals surface area contributed by atoms with Gasteiger partial charge in [-0.1, -0.05) is 6.42 Å². The number of rotatable bonds is 4. The van der Waals surface area contributed by atoms with Gasteiger partial charge < -0.3 is 15.8 Å². The van der Waals surface area contributed by atoms with Crippen molar-refractivity contribution in [3.8, 4) is 0 Å². The number of hydrogen-bond acceptors (Lipinski definition) is 4. The average molecular weight is 228 g/mol. The molecule has 5 nitrogen and oxygen atoms in total. The molecular formula is C11H20N2O3. The van der Waals surface area contributed by atoms with Gasteiger partial charge in [-0.25, -0.2) is 0 Å². The fraction of sp³-hybridized carbons (Fsp3) is 0.818. The molecule has 16 heavy (non-hydrogen) atoms. The molecule has 1 heterocycles. The first-order valence-corrected chi connectivity index (χ1v) is 5.85. The van der Waals surface area contributed by atoms with Gasteiger partial charge in [0.05, 0.1) is 6.61 Å². The molecular weight excluding hydrogens is 208 g/mol. The molecule has 0 radical (unpaired) electrons. The molecule has 1 amide bonds. The summed E-state index contributed by atoms with van der Waals surface area (Å²) in [5.74, 6) is -0.557. The van der Waals surface area contributed by atoms with E-state index < -0.39 is 12.0 Å². The van der Waals surface area contributed by atoms with Crippen molar-refractivity contribution in [3.05, 3.63) is 0 Å². The van der Waals surface area contributed by atoms with Crippen molar-refractivity contribution < 1.29 is 14.3 Å². The van der Waals surface area contributed by atoms with E-state index in [4.69, 9.17) is 10.5 Å². The summed E-state index contributed by atoms with van der Waals surface area (Å²) in [6.45, 7) is 2.79. The number of esters is 1. The Balaban J connectivity index is 2.44. The average Bonchev–Trinajstić information content (AvgIpc) is 2.45. The Morgan fingerprint density at radius 1 is 1.62 bits per heavy atom. The molecule has 0 spiro atoms. The summed E-state index contributed by atoms with van der Waals surface area (Å²) in [5.41, 5.74) is 5.69. The highest BCUT2D eigenvalue weighted by Crippen LogP contribution is 2.17. The van der Waals surface area contributed by atoms with Crippen molar-refractivity contribution in [2.45, 2.75) is 38.6 Å². The van der Waals surface area contributed by atoms with Crippen LogP contribution in [-0.2, 0) is 14.3 Å². The predicted molar refractivity (Wildman–Crippen MR) is 59.6 cm³/mol. The van der Waals surface area contributed by atoms with Crippen LogP contribution in [0.4, 0.5) is 0 Å². The molecule has 0 aromatic rings. The second-order valence-corrected chi connectivity index (χ2v) is 4.08. The molecule has 2 unspecified atom stereocenters.